The number of nitrogens with zero attached hydrogens (tertiary/aromatic N) is 3. The molecular weight excluding hydrogens is 465 g/mol. The van der Waals surface area contributed by atoms with Gasteiger partial charge in [0.15, 0.2) is 0 Å². The van der Waals surface area contributed by atoms with Gasteiger partial charge in [0.25, 0.3) is 5.95 Å². The number of hydrogen-bond acceptors (Lipinski definition) is 4. The van der Waals surface area contributed by atoms with E-state index in [1.165, 1.54) is 10.7 Å². The van der Waals surface area contributed by atoms with E-state index in [1.54, 1.807) is 12.1 Å². The molecule has 1 aliphatic heterocycles. The molecule has 0 spiro atoms. The predicted octanol–water partition coefficient (Wildman–Crippen LogP) is 6.01. The average Bonchev–Trinajstić information content (AvgIpc) is 3.26. The lowest BCUT2D eigenvalue weighted by Gasteiger charge is -2.25. The summed E-state index contributed by atoms with van der Waals surface area (Å²) in [5.74, 6) is -0.130. The Labute approximate surface area is 207 Å². The minimum atomic E-state index is -0.654. The SMILES string of the molecule is Cc1ccc(C2=C[C@H](c3c(F)cccc3Cl)n3nc(NC(=O)CCc4ccccc4)nc3N2)cc1. The molecule has 5 rings (SSSR count). The Morgan fingerprint density at radius 2 is 1.86 bits per heavy atom. The van der Waals surface area contributed by atoms with Crippen LogP contribution in [0.2, 0.25) is 5.02 Å². The third kappa shape index (κ3) is 4.95. The van der Waals surface area contributed by atoms with Crippen molar-refractivity contribution in [3.05, 3.63) is 112 Å². The lowest BCUT2D eigenvalue weighted by atomic mass is 10.0. The lowest BCUT2D eigenvalue weighted by molar-refractivity contribution is -0.116. The molecule has 0 saturated heterocycles. The van der Waals surface area contributed by atoms with E-state index < -0.39 is 11.9 Å². The molecule has 2 N–H and O–H groups in total. The van der Waals surface area contributed by atoms with Gasteiger partial charge in [-0.05, 0) is 42.7 Å². The van der Waals surface area contributed by atoms with Crippen molar-refractivity contribution in [1.82, 2.24) is 14.8 Å². The highest BCUT2D eigenvalue weighted by Crippen LogP contribution is 2.37. The van der Waals surface area contributed by atoms with E-state index in [4.69, 9.17) is 11.6 Å². The normalized spacial score (nSPS) is 14.6. The number of aromatic nitrogens is 3. The Bertz CT molecular complexity index is 1380. The van der Waals surface area contributed by atoms with Gasteiger partial charge < -0.3 is 5.32 Å². The largest absolute Gasteiger partial charge is 0.324 e. The first-order valence-corrected chi connectivity index (χ1v) is 11.7. The Kier molecular flexibility index (Phi) is 6.33. The van der Waals surface area contributed by atoms with E-state index >= 15 is 0 Å². The van der Waals surface area contributed by atoms with Gasteiger partial charge in [-0.15, -0.1) is 5.10 Å². The van der Waals surface area contributed by atoms with Crippen LogP contribution in [-0.4, -0.2) is 20.7 Å². The smallest absolute Gasteiger partial charge is 0.250 e. The summed E-state index contributed by atoms with van der Waals surface area (Å²) >= 11 is 6.41. The maximum Gasteiger partial charge on any atom is 0.250 e. The fourth-order valence-electron chi connectivity index (χ4n) is 4.04. The van der Waals surface area contributed by atoms with Gasteiger partial charge in [-0.1, -0.05) is 77.8 Å². The number of benzene rings is 3. The molecule has 1 amide bonds. The molecule has 1 atom stereocenters. The lowest BCUT2D eigenvalue weighted by Crippen LogP contribution is -2.21. The summed E-state index contributed by atoms with van der Waals surface area (Å²) in [6.45, 7) is 2.01. The van der Waals surface area contributed by atoms with E-state index in [0.717, 1.165) is 22.4 Å². The minimum Gasteiger partial charge on any atom is -0.324 e. The van der Waals surface area contributed by atoms with E-state index in [2.05, 4.69) is 20.7 Å². The van der Waals surface area contributed by atoms with E-state index in [0.29, 0.717) is 12.4 Å². The second-order valence-electron chi connectivity index (χ2n) is 8.39. The first-order valence-electron chi connectivity index (χ1n) is 11.3. The zero-order valence-electron chi connectivity index (χ0n) is 19.0. The van der Waals surface area contributed by atoms with Gasteiger partial charge in [0, 0.05) is 22.7 Å². The fraction of sp³-hybridized carbons (Fsp3) is 0.148. The summed E-state index contributed by atoms with van der Waals surface area (Å²) in [5.41, 5.74) is 4.14. The number of carbonyl (C=O) groups excluding carboxylic acids is 1. The van der Waals surface area contributed by atoms with Gasteiger partial charge in [-0.25, -0.2) is 9.07 Å². The average molecular weight is 488 g/mol. The van der Waals surface area contributed by atoms with Crippen LogP contribution in [0.25, 0.3) is 5.70 Å². The maximum atomic E-state index is 14.9. The molecule has 176 valence electrons. The topological polar surface area (TPSA) is 71.8 Å². The monoisotopic (exact) mass is 487 g/mol. The third-order valence-corrected chi connectivity index (χ3v) is 6.19. The van der Waals surface area contributed by atoms with Crippen LogP contribution < -0.4 is 10.6 Å². The molecule has 0 fully saturated rings. The summed E-state index contributed by atoms with van der Waals surface area (Å²) in [6.07, 6.45) is 2.75. The van der Waals surface area contributed by atoms with Gasteiger partial charge in [-0.2, -0.15) is 4.98 Å². The molecule has 0 bridgehead atoms. The molecule has 1 aliphatic rings. The van der Waals surface area contributed by atoms with Crippen molar-refractivity contribution in [3.63, 3.8) is 0 Å². The Hall–Kier alpha value is -3.97. The molecule has 35 heavy (non-hydrogen) atoms. The van der Waals surface area contributed by atoms with Crippen LogP contribution in [-0.2, 0) is 11.2 Å². The van der Waals surface area contributed by atoms with Crippen molar-refractivity contribution in [1.29, 1.82) is 0 Å². The molecule has 0 aliphatic carbocycles. The van der Waals surface area contributed by atoms with Crippen LogP contribution >= 0.6 is 11.6 Å². The Morgan fingerprint density at radius 3 is 2.60 bits per heavy atom. The molecule has 8 heteroatoms. The zero-order valence-corrected chi connectivity index (χ0v) is 19.8. The van der Waals surface area contributed by atoms with Crippen molar-refractivity contribution in [3.8, 4) is 0 Å². The van der Waals surface area contributed by atoms with Crippen molar-refractivity contribution in [2.45, 2.75) is 25.8 Å². The quantitative estimate of drug-likeness (QED) is 0.349. The molecule has 3 aromatic carbocycles. The van der Waals surface area contributed by atoms with Crippen LogP contribution in [0.15, 0.2) is 78.9 Å². The summed E-state index contributed by atoms with van der Waals surface area (Å²) in [6, 6.07) is 21.7. The molecule has 0 saturated carbocycles. The number of allylic oxidation sites excluding steroid dienone is 1. The number of halogens is 2. The van der Waals surface area contributed by atoms with Crippen LogP contribution in [0.4, 0.5) is 16.3 Å². The number of hydrogen-bond donors (Lipinski definition) is 2. The second kappa shape index (κ2) is 9.72. The highest BCUT2D eigenvalue weighted by Gasteiger charge is 2.29. The molecule has 0 radical (unpaired) electrons. The molecule has 1 aromatic heterocycles. The van der Waals surface area contributed by atoms with E-state index in [9.17, 15) is 9.18 Å². The van der Waals surface area contributed by atoms with Crippen molar-refractivity contribution in [2.75, 3.05) is 10.6 Å². The highest BCUT2D eigenvalue weighted by atomic mass is 35.5. The van der Waals surface area contributed by atoms with Crippen molar-refractivity contribution in [2.24, 2.45) is 0 Å². The maximum absolute atomic E-state index is 14.9. The summed E-state index contributed by atoms with van der Waals surface area (Å²) in [4.78, 5) is 17.0. The predicted molar refractivity (Wildman–Crippen MR) is 136 cm³/mol. The summed E-state index contributed by atoms with van der Waals surface area (Å²) < 4.78 is 16.5. The second-order valence-corrected chi connectivity index (χ2v) is 8.80. The highest BCUT2D eigenvalue weighted by molar-refractivity contribution is 6.31. The van der Waals surface area contributed by atoms with Crippen molar-refractivity contribution >= 4 is 35.1 Å². The number of aryl methyl sites for hydroxylation is 2. The summed E-state index contributed by atoms with van der Waals surface area (Å²) in [5, 5.41) is 10.8. The van der Waals surface area contributed by atoms with Gasteiger partial charge in [-0.3, -0.25) is 10.1 Å². The van der Waals surface area contributed by atoms with Crippen LogP contribution in [0.5, 0.6) is 0 Å². The number of anilines is 2. The third-order valence-electron chi connectivity index (χ3n) is 5.86. The van der Waals surface area contributed by atoms with Gasteiger partial charge in [0.2, 0.25) is 11.9 Å². The molecule has 4 aromatic rings. The molecular formula is C27H23ClFN5O. The standard InChI is InChI=1S/C27H23ClFN5O/c1-17-10-13-19(14-11-17)22-16-23(25-20(28)8-5-9-21(25)29)34-27(30-22)32-26(33-34)31-24(35)15-12-18-6-3-2-4-7-18/h2-11,13-14,16,23H,12,15H2,1H3,(H2,30,31,32,33,35)/t23-/m1/s1. The van der Waals surface area contributed by atoms with Crippen LogP contribution in [0, 0.1) is 12.7 Å². The zero-order chi connectivity index (χ0) is 24.4. The Balaban J connectivity index is 1.45. The number of amides is 1. The van der Waals surface area contributed by atoms with Gasteiger partial charge in [0.1, 0.15) is 11.9 Å². The molecule has 2 heterocycles. The summed E-state index contributed by atoms with van der Waals surface area (Å²) in [7, 11) is 0. The number of carbonyl (C=O) groups is 1. The molecule has 0 unspecified atom stereocenters. The van der Waals surface area contributed by atoms with Crippen LogP contribution in [0.1, 0.15) is 34.7 Å². The number of fused-ring (bicyclic) bond motifs is 1. The first kappa shape index (κ1) is 22.8. The molecule has 6 nitrogen and oxygen atoms in total. The van der Waals surface area contributed by atoms with E-state index in [1.807, 2.05) is 67.6 Å². The number of nitrogens with one attached hydrogen (secondary N) is 2. The Morgan fingerprint density at radius 1 is 1.09 bits per heavy atom. The van der Waals surface area contributed by atoms with Gasteiger partial charge in [0.05, 0.1) is 0 Å². The minimum absolute atomic E-state index is 0.140. The number of rotatable bonds is 6. The first-order chi connectivity index (χ1) is 17.0. The van der Waals surface area contributed by atoms with E-state index in [-0.39, 0.29) is 28.9 Å². The van der Waals surface area contributed by atoms with Crippen LogP contribution in [0.3, 0.4) is 0 Å². The van der Waals surface area contributed by atoms with Crippen molar-refractivity contribution < 1.29 is 9.18 Å². The fourth-order valence-corrected chi connectivity index (χ4v) is 4.31. The van der Waals surface area contributed by atoms with Gasteiger partial charge >= 0.3 is 0 Å².